The van der Waals surface area contributed by atoms with Crippen LogP contribution in [-0.4, -0.2) is 63.5 Å². The Hall–Kier alpha value is -3.39. The summed E-state index contributed by atoms with van der Waals surface area (Å²) in [5, 5.41) is 6.53. The van der Waals surface area contributed by atoms with E-state index in [0.29, 0.717) is 30.3 Å². The van der Waals surface area contributed by atoms with Gasteiger partial charge in [-0.15, -0.1) is 0 Å². The lowest BCUT2D eigenvalue weighted by molar-refractivity contribution is -0.131. The summed E-state index contributed by atoms with van der Waals surface area (Å²) < 4.78 is 0. The fourth-order valence-electron chi connectivity index (χ4n) is 3.18. The van der Waals surface area contributed by atoms with Crippen LogP contribution in [0, 0.1) is 0 Å². The first kappa shape index (κ1) is 18.9. The fraction of sp³-hybridized carbons (Fsp3) is 0.286. The first-order valence-corrected chi connectivity index (χ1v) is 9.73. The van der Waals surface area contributed by atoms with E-state index in [9.17, 15) is 4.79 Å². The van der Waals surface area contributed by atoms with Crippen LogP contribution in [0.25, 0.3) is 22.8 Å². The largest absolute Gasteiger partial charge is 0.369 e. The number of carbonyl (C=O) groups is 1. The molecule has 0 atom stereocenters. The Morgan fingerprint density at radius 2 is 1.97 bits per heavy atom. The lowest BCUT2D eigenvalue weighted by Crippen LogP contribution is -2.46. The summed E-state index contributed by atoms with van der Waals surface area (Å²) in [5.74, 6) is 1.35. The van der Waals surface area contributed by atoms with Crippen LogP contribution in [0.2, 0.25) is 0 Å². The molecular weight excluding hydrogens is 366 g/mol. The highest BCUT2D eigenvalue weighted by molar-refractivity contribution is 5.77. The number of anilines is 1. The molecule has 0 spiro atoms. The molecule has 1 fully saturated rings. The van der Waals surface area contributed by atoms with Gasteiger partial charge in [-0.2, -0.15) is 0 Å². The molecule has 1 aliphatic rings. The highest BCUT2D eigenvalue weighted by Gasteiger charge is 2.16. The van der Waals surface area contributed by atoms with E-state index < -0.39 is 0 Å². The first-order chi connectivity index (χ1) is 14.3. The minimum atomic E-state index is 0.158. The number of amides is 1. The number of rotatable bonds is 6. The topological polar surface area (TPSA) is 95.9 Å². The molecule has 8 nitrogen and oxygen atoms in total. The van der Waals surface area contributed by atoms with Gasteiger partial charge in [0.05, 0.1) is 5.69 Å². The van der Waals surface area contributed by atoms with Crippen molar-refractivity contribution in [3.8, 4) is 22.8 Å². The molecular formula is C21H23N7O. The van der Waals surface area contributed by atoms with E-state index in [2.05, 4.69) is 30.6 Å². The molecule has 0 aromatic carbocycles. The van der Waals surface area contributed by atoms with Crippen LogP contribution in [0.1, 0.15) is 6.42 Å². The van der Waals surface area contributed by atoms with Gasteiger partial charge in [-0.3, -0.25) is 14.8 Å². The van der Waals surface area contributed by atoms with Crippen LogP contribution >= 0.6 is 0 Å². The third kappa shape index (κ3) is 4.91. The summed E-state index contributed by atoms with van der Waals surface area (Å²) in [6, 6.07) is 11.3. The van der Waals surface area contributed by atoms with Gasteiger partial charge in [0.15, 0.2) is 5.82 Å². The van der Waals surface area contributed by atoms with E-state index in [1.54, 1.807) is 18.6 Å². The molecule has 3 aromatic rings. The molecule has 8 heteroatoms. The van der Waals surface area contributed by atoms with Gasteiger partial charge < -0.3 is 15.5 Å². The van der Waals surface area contributed by atoms with Crippen molar-refractivity contribution in [3.63, 3.8) is 0 Å². The van der Waals surface area contributed by atoms with Crippen LogP contribution in [0.15, 0.2) is 55.0 Å². The van der Waals surface area contributed by atoms with Crippen molar-refractivity contribution in [2.24, 2.45) is 0 Å². The molecule has 0 aliphatic carbocycles. The Morgan fingerprint density at radius 3 is 2.72 bits per heavy atom. The lowest BCUT2D eigenvalue weighted by atomic mass is 10.2. The Bertz CT molecular complexity index is 886. The van der Waals surface area contributed by atoms with E-state index in [1.807, 2.05) is 41.3 Å². The van der Waals surface area contributed by atoms with Crippen molar-refractivity contribution in [2.45, 2.75) is 6.42 Å². The van der Waals surface area contributed by atoms with Crippen molar-refractivity contribution < 1.29 is 4.79 Å². The molecule has 1 saturated heterocycles. The molecule has 29 heavy (non-hydrogen) atoms. The maximum Gasteiger partial charge on any atom is 0.224 e. The van der Waals surface area contributed by atoms with E-state index in [-0.39, 0.29) is 5.91 Å². The predicted octanol–water partition coefficient (Wildman–Crippen LogP) is 1.83. The third-order valence-electron chi connectivity index (χ3n) is 4.69. The van der Waals surface area contributed by atoms with Crippen LogP contribution in [0.4, 0.5) is 5.82 Å². The number of pyridine rings is 2. The number of nitrogens with one attached hydrogen (secondary N) is 2. The van der Waals surface area contributed by atoms with E-state index in [1.165, 1.54) is 0 Å². The van der Waals surface area contributed by atoms with Crippen molar-refractivity contribution in [3.05, 3.63) is 55.0 Å². The van der Waals surface area contributed by atoms with E-state index in [0.717, 1.165) is 37.4 Å². The van der Waals surface area contributed by atoms with Gasteiger partial charge in [0.25, 0.3) is 0 Å². The highest BCUT2D eigenvalue weighted by atomic mass is 16.2. The van der Waals surface area contributed by atoms with Crippen molar-refractivity contribution in [1.82, 2.24) is 30.2 Å². The Morgan fingerprint density at radius 1 is 1.07 bits per heavy atom. The van der Waals surface area contributed by atoms with Crippen LogP contribution in [-0.2, 0) is 4.79 Å². The average Bonchev–Trinajstić information content (AvgIpc) is 2.80. The first-order valence-electron chi connectivity index (χ1n) is 9.73. The summed E-state index contributed by atoms with van der Waals surface area (Å²) in [6.45, 7) is 3.75. The number of hydrogen-bond donors (Lipinski definition) is 2. The minimum Gasteiger partial charge on any atom is -0.369 e. The summed E-state index contributed by atoms with van der Waals surface area (Å²) in [7, 11) is 0. The molecule has 0 bridgehead atoms. The summed E-state index contributed by atoms with van der Waals surface area (Å²) in [5.41, 5.74) is 2.34. The zero-order chi connectivity index (χ0) is 19.9. The van der Waals surface area contributed by atoms with Crippen molar-refractivity contribution in [2.75, 3.05) is 38.0 Å². The number of aromatic nitrogens is 4. The Kier molecular flexibility index (Phi) is 6.01. The van der Waals surface area contributed by atoms with Crippen molar-refractivity contribution >= 4 is 11.7 Å². The number of carbonyl (C=O) groups excluding carboxylic acids is 1. The highest BCUT2D eigenvalue weighted by Crippen LogP contribution is 2.22. The van der Waals surface area contributed by atoms with Gasteiger partial charge in [0.1, 0.15) is 11.5 Å². The van der Waals surface area contributed by atoms with Crippen LogP contribution < -0.4 is 10.6 Å². The summed E-state index contributed by atoms with van der Waals surface area (Å²) in [6.07, 6.45) is 5.63. The van der Waals surface area contributed by atoms with Gasteiger partial charge in [0.2, 0.25) is 5.91 Å². The van der Waals surface area contributed by atoms with Crippen LogP contribution in [0.5, 0.6) is 0 Å². The molecule has 0 saturated carbocycles. The van der Waals surface area contributed by atoms with Crippen LogP contribution in [0.3, 0.4) is 0 Å². The second kappa shape index (κ2) is 9.20. The quantitative estimate of drug-likeness (QED) is 0.664. The lowest BCUT2D eigenvalue weighted by Gasteiger charge is -2.27. The monoisotopic (exact) mass is 389 g/mol. The smallest absolute Gasteiger partial charge is 0.224 e. The molecule has 0 radical (unpaired) electrons. The summed E-state index contributed by atoms with van der Waals surface area (Å²) in [4.78, 5) is 32.1. The van der Waals surface area contributed by atoms with E-state index in [4.69, 9.17) is 0 Å². The molecule has 4 rings (SSSR count). The zero-order valence-corrected chi connectivity index (χ0v) is 16.1. The number of piperazine rings is 1. The SMILES string of the molecule is O=C(CCNc1cc(-c2cccnc2)nc(-c2ccccn2)n1)N1CCNCC1. The molecule has 148 valence electrons. The van der Waals surface area contributed by atoms with E-state index >= 15 is 0 Å². The van der Waals surface area contributed by atoms with Gasteiger partial charge in [0, 0.05) is 69.4 Å². The van der Waals surface area contributed by atoms with Gasteiger partial charge in [-0.05, 0) is 24.3 Å². The molecule has 1 aliphatic heterocycles. The average molecular weight is 389 g/mol. The number of nitrogens with zero attached hydrogens (tertiary/aromatic N) is 5. The predicted molar refractivity (Wildman–Crippen MR) is 111 cm³/mol. The zero-order valence-electron chi connectivity index (χ0n) is 16.1. The fourth-order valence-corrected chi connectivity index (χ4v) is 3.18. The molecule has 0 unspecified atom stereocenters. The normalized spacial score (nSPS) is 13.9. The Labute approximate surface area is 169 Å². The molecule has 2 N–H and O–H groups in total. The molecule has 4 heterocycles. The minimum absolute atomic E-state index is 0.158. The van der Waals surface area contributed by atoms with Gasteiger partial charge >= 0.3 is 0 Å². The molecule has 3 aromatic heterocycles. The Balaban J connectivity index is 1.51. The number of hydrogen-bond acceptors (Lipinski definition) is 7. The maximum atomic E-state index is 12.4. The summed E-state index contributed by atoms with van der Waals surface area (Å²) >= 11 is 0. The van der Waals surface area contributed by atoms with Gasteiger partial charge in [-0.25, -0.2) is 9.97 Å². The second-order valence-electron chi connectivity index (χ2n) is 6.73. The standard InChI is InChI=1S/C21H23N7O/c29-20(28-12-10-22-11-13-28)6-9-25-19-14-18(16-4-3-7-23-15-16)26-21(27-19)17-5-1-2-8-24-17/h1-5,7-8,14-15,22H,6,9-13H2,(H,25,26,27). The van der Waals surface area contributed by atoms with Gasteiger partial charge in [-0.1, -0.05) is 6.07 Å². The molecule has 1 amide bonds. The maximum absolute atomic E-state index is 12.4. The second-order valence-corrected chi connectivity index (χ2v) is 6.73. The third-order valence-corrected chi connectivity index (χ3v) is 4.69. The van der Waals surface area contributed by atoms with Crippen molar-refractivity contribution in [1.29, 1.82) is 0 Å².